The van der Waals surface area contributed by atoms with Crippen LogP contribution in [0, 0.1) is 17.8 Å². The number of H-pyrrole nitrogens is 1. The number of fused-ring (bicyclic) bond motifs is 6. The van der Waals surface area contributed by atoms with Crippen molar-refractivity contribution in [1.29, 1.82) is 0 Å². The number of rotatable bonds is 10. The number of carbonyl (C=O) groups is 4. The molecule has 5 aliphatic rings. The lowest BCUT2D eigenvalue weighted by molar-refractivity contribution is -0.225. The fraction of sp³-hybridized carbons (Fsp3) is 0.469. The number of aromatic nitrogens is 2. The first kappa shape index (κ1) is 44.9. The van der Waals surface area contributed by atoms with Gasteiger partial charge in [0.25, 0.3) is 0 Å². The van der Waals surface area contributed by atoms with Gasteiger partial charge in [-0.1, -0.05) is 58.0 Å². The van der Waals surface area contributed by atoms with Crippen molar-refractivity contribution in [1.82, 2.24) is 30.4 Å². The number of ether oxygens (including phenoxy) is 2. The Balaban J connectivity index is 0.957. The van der Waals surface area contributed by atoms with Crippen molar-refractivity contribution in [2.24, 2.45) is 22.7 Å². The predicted octanol–water partition coefficient (Wildman–Crippen LogP) is 9.04. The zero-order chi connectivity index (χ0) is 47.0. The molecule has 13 nitrogen and oxygen atoms in total. The first-order valence-electron chi connectivity index (χ1n) is 22.6. The van der Waals surface area contributed by atoms with Gasteiger partial charge in [-0.2, -0.15) is 17.6 Å². The van der Waals surface area contributed by atoms with Crippen LogP contribution in [0.15, 0.2) is 65.8 Å². The summed E-state index contributed by atoms with van der Waals surface area (Å²) in [5.74, 6) is -9.45. The Bertz CT molecular complexity index is 2650. The SMILES string of the molecule is COC(=O)N[C@H](C(=O)N1CCC[C@H]1c1ncc(-c2ccc3c(c2)C(F)(F)C(F)(F)c2cc(-c4ccc5c(c4)CC([C@@H]4[C@H]6CC[C@H](C6)N4C(=O)[C@@H](NC(=O)OC)C(C)C)=N5)ccc2-3)[nH]1)C(C)C. The molecule has 66 heavy (non-hydrogen) atoms. The Labute approximate surface area is 379 Å². The molecule has 2 saturated heterocycles. The lowest BCUT2D eigenvalue weighted by atomic mass is 9.78. The van der Waals surface area contributed by atoms with Gasteiger partial charge in [-0.15, -0.1) is 0 Å². The van der Waals surface area contributed by atoms with Crippen molar-refractivity contribution in [3.05, 3.63) is 83.3 Å². The van der Waals surface area contributed by atoms with Gasteiger partial charge in [-0.3, -0.25) is 14.6 Å². The molecule has 9 rings (SSSR count). The third kappa shape index (κ3) is 7.47. The maximum Gasteiger partial charge on any atom is 0.407 e. The number of halogens is 4. The predicted molar refractivity (Wildman–Crippen MR) is 237 cm³/mol. The van der Waals surface area contributed by atoms with Crippen molar-refractivity contribution >= 4 is 35.4 Å². The molecule has 0 spiro atoms. The molecule has 4 amide bonds. The van der Waals surface area contributed by atoms with Gasteiger partial charge in [0, 0.05) is 41.4 Å². The molecule has 4 heterocycles. The third-order valence-electron chi connectivity index (χ3n) is 14.2. The Kier molecular flexibility index (Phi) is 11.5. The minimum absolute atomic E-state index is 0.00359. The van der Waals surface area contributed by atoms with Crippen molar-refractivity contribution in [2.45, 2.75) is 108 Å². The summed E-state index contributed by atoms with van der Waals surface area (Å²) in [6, 6.07) is 11.4. The lowest BCUT2D eigenvalue weighted by Crippen LogP contribution is -2.57. The van der Waals surface area contributed by atoms with Crippen LogP contribution >= 0.6 is 0 Å². The van der Waals surface area contributed by atoms with Crippen LogP contribution in [0.25, 0.3) is 33.5 Å². The van der Waals surface area contributed by atoms with E-state index in [1.165, 1.54) is 32.5 Å². The highest BCUT2D eigenvalue weighted by Gasteiger charge is 2.63. The van der Waals surface area contributed by atoms with E-state index >= 15 is 17.6 Å². The molecule has 6 atom stereocenters. The molecule has 0 radical (unpaired) electrons. The molecule has 1 saturated carbocycles. The van der Waals surface area contributed by atoms with Gasteiger partial charge in [0.2, 0.25) is 11.8 Å². The highest BCUT2D eigenvalue weighted by Crippen LogP contribution is 2.59. The number of imidazole rings is 1. The first-order valence-corrected chi connectivity index (χ1v) is 22.6. The molecule has 3 fully saturated rings. The molecule has 2 bridgehead atoms. The average molecular weight is 912 g/mol. The van der Waals surface area contributed by atoms with Crippen LogP contribution in [0.1, 0.15) is 88.4 Å². The zero-order valence-electron chi connectivity index (χ0n) is 37.6. The highest BCUT2D eigenvalue weighted by atomic mass is 19.3. The number of likely N-dealkylation sites (tertiary alicyclic amines) is 2. The van der Waals surface area contributed by atoms with Crippen molar-refractivity contribution in [2.75, 3.05) is 20.8 Å². The fourth-order valence-corrected chi connectivity index (χ4v) is 10.8. The minimum Gasteiger partial charge on any atom is -0.453 e. The van der Waals surface area contributed by atoms with Crippen molar-refractivity contribution in [3.63, 3.8) is 0 Å². The first-order chi connectivity index (χ1) is 31.4. The molecule has 4 aromatic rings. The van der Waals surface area contributed by atoms with E-state index in [4.69, 9.17) is 14.5 Å². The molecule has 3 aliphatic heterocycles. The molecule has 1 aromatic heterocycles. The van der Waals surface area contributed by atoms with E-state index < -0.39 is 53.3 Å². The standard InChI is InChI=1S/C49H53F4N7O6/c1-24(2)40(57-46(63)65-5)44(61)59-17-7-8-39(59)43-54-23-38(56-43)28-11-15-33-32-14-10-27(20-34(32)48(50,51)49(52,53)35(33)21-28)26-12-16-36-30(18-26)22-37(55-36)42-29-9-13-31(19-29)60(42)45(62)41(25(3)4)58-47(64)66-6/h10-12,14-16,18,20-21,23-25,29,31,39-42H,7-9,13,17,19,22H2,1-6H3,(H,54,56)(H,57,63)(H,58,64)/t29-,31+,39-,40-,41-,42-/m0/s1. The molecule has 17 heteroatoms. The largest absolute Gasteiger partial charge is 0.453 e. The topological polar surface area (TPSA) is 158 Å². The van der Waals surface area contributed by atoms with Crippen LogP contribution in [0.2, 0.25) is 0 Å². The third-order valence-corrected chi connectivity index (χ3v) is 14.2. The average Bonchev–Trinajstić information content (AvgIpc) is 4.17. The van der Waals surface area contributed by atoms with E-state index in [-0.39, 0.29) is 58.3 Å². The number of hydrogen-bond acceptors (Lipinski definition) is 8. The number of methoxy groups -OCH3 is 2. The van der Waals surface area contributed by atoms with Crippen LogP contribution in [0.5, 0.6) is 0 Å². The van der Waals surface area contributed by atoms with E-state index in [1.54, 1.807) is 43.0 Å². The smallest absolute Gasteiger partial charge is 0.407 e. The maximum absolute atomic E-state index is 16.3. The van der Waals surface area contributed by atoms with Gasteiger partial charge >= 0.3 is 24.0 Å². The van der Waals surface area contributed by atoms with Crippen LogP contribution < -0.4 is 10.6 Å². The summed E-state index contributed by atoms with van der Waals surface area (Å²) in [6.07, 6.45) is 4.33. The Hall–Kier alpha value is -6.26. The van der Waals surface area contributed by atoms with Gasteiger partial charge < -0.3 is 34.9 Å². The number of piperidine rings is 1. The fourth-order valence-electron chi connectivity index (χ4n) is 10.8. The summed E-state index contributed by atoms with van der Waals surface area (Å²) < 4.78 is 74.8. The van der Waals surface area contributed by atoms with Gasteiger partial charge in [-0.25, -0.2) is 14.6 Å². The number of aliphatic imine (C=N–C) groups is 1. The molecule has 2 aliphatic carbocycles. The second kappa shape index (κ2) is 16.9. The number of alkyl halides is 4. The molecule has 0 unspecified atom stereocenters. The molecule has 348 valence electrons. The molecule has 3 aromatic carbocycles. The number of benzene rings is 3. The van der Waals surface area contributed by atoms with Crippen LogP contribution in [0.4, 0.5) is 32.8 Å². The maximum atomic E-state index is 16.3. The van der Waals surface area contributed by atoms with E-state index in [9.17, 15) is 19.2 Å². The summed E-state index contributed by atoms with van der Waals surface area (Å²) >= 11 is 0. The van der Waals surface area contributed by atoms with Gasteiger partial charge in [0.05, 0.1) is 43.9 Å². The second-order valence-electron chi connectivity index (χ2n) is 18.8. The molecule has 3 N–H and O–H groups in total. The van der Waals surface area contributed by atoms with E-state index in [2.05, 4.69) is 20.6 Å². The summed E-state index contributed by atoms with van der Waals surface area (Å²) in [4.78, 5) is 68.0. The Morgan fingerprint density at radius 3 is 2.00 bits per heavy atom. The molecular formula is C49H53F4N7O6. The van der Waals surface area contributed by atoms with Gasteiger partial charge in [0.1, 0.15) is 17.9 Å². The zero-order valence-corrected chi connectivity index (χ0v) is 37.6. The van der Waals surface area contributed by atoms with Crippen molar-refractivity contribution in [3.8, 4) is 33.5 Å². The number of nitrogens with zero attached hydrogens (tertiary/aromatic N) is 4. The number of carbonyl (C=O) groups excluding carboxylic acids is 4. The normalized spacial score (nSPS) is 22.9. The summed E-state index contributed by atoms with van der Waals surface area (Å²) in [7, 11) is 2.47. The minimum atomic E-state index is -4.58. The summed E-state index contributed by atoms with van der Waals surface area (Å²) in [6.45, 7) is 7.76. The number of amides is 4. The Morgan fingerprint density at radius 2 is 1.36 bits per heavy atom. The number of alkyl carbamates (subject to hydrolysis) is 2. The van der Waals surface area contributed by atoms with Gasteiger partial charge in [0.15, 0.2) is 0 Å². The number of aromatic amines is 1. The quantitative estimate of drug-likeness (QED) is 0.134. The number of hydrogen-bond donors (Lipinski definition) is 3. The van der Waals surface area contributed by atoms with E-state index in [1.807, 2.05) is 24.8 Å². The van der Waals surface area contributed by atoms with Crippen LogP contribution in [-0.4, -0.2) is 94.4 Å². The highest BCUT2D eigenvalue weighted by molar-refractivity contribution is 6.02. The van der Waals surface area contributed by atoms with E-state index in [0.717, 1.165) is 42.7 Å². The summed E-state index contributed by atoms with van der Waals surface area (Å²) in [5.41, 5.74) is 2.19. The van der Waals surface area contributed by atoms with Gasteiger partial charge in [-0.05, 0) is 102 Å². The number of nitrogens with one attached hydrogen (secondary N) is 3. The molecular weight excluding hydrogens is 859 g/mol. The Morgan fingerprint density at radius 1 is 0.773 bits per heavy atom. The van der Waals surface area contributed by atoms with Crippen molar-refractivity contribution < 1.29 is 46.2 Å². The monoisotopic (exact) mass is 911 g/mol. The second-order valence-corrected chi connectivity index (χ2v) is 18.8. The van der Waals surface area contributed by atoms with Crippen LogP contribution in [-0.2, 0) is 37.3 Å². The van der Waals surface area contributed by atoms with Crippen LogP contribution in [0.3, 0.4) is 0 Å². The van der Waals surface area contributed by atoms with E-state index in [0.29, 0.717) is 54.1 Å². The lowest BCUT2D eigenvalue weighted by Gasteiger charge is -2.38. The summed E-state index contributed by atoms with van der Waals surface area (Å²) in [5, 5.41) is 5.31.